The topological polar surface area (TPSA) is 38.8 Å². The molecule has 0 N–H and O–H groups in total. The molecule has 20 heavy (non-hydrogen) atoms. The average Bonchev–Trinajstić information content (AvgIpc) is 2.68. The highest BCUT2D eigenvalue weighted by Gasteiger charge is 2.55. The maximum absolute atomic E-state index is 12.8. The average molecular weight is 316 g/mol. The van der Waals surface area contributed by atoms with Gasteiger partial charge in [0, 0.05) is 12.1 Å². The maximum atomic E-state index is 12.8. The van der Waals surface area contributed by atoms with Crippen LogP contribution in [0.25, 0.3) is 0 Å². The molecule has 2 aliphatic rings. The largest absolute Gasteiger partial charge is 0.338 e. The van der Waals surface area contributed by atoms with Gasteiger partial charge in [0.2, 0.25) is 0 Å². The Morgan fingerprint density at radius 2 is 2.00 bits per heavy atom. The fraction of sp³-hybridized carbons (Fsp3) is 0.500. The molecule has 1 spiro atoms. The molecular weight excluding hydrogens is 301 g/mol. The summed E-state index contributed by atoms with van der Waals surface area (Å²) in [5.74, 6) is -1.55. The first-order valence-corrected chi connectivity index (χ1v) is 7.45. The Kier molecular flexibility index (Phi) is 3.67. The summed E-state index contributed by atoms with van der Waals surface area (Å²) < 4.78 is 11.4. The number of benzene rings is 1. The Morgan fingerprint density at radius 3 is 2.65 bits per heavy atom. The van der Waals surface area contributed by atoms with Crippen molar-refractivity contribution in [2.24, 2.45) is 0 Å². The van der Waals surface area contributed by atoms with Crippen LogP contribution in [0.1, 0.15) is 25.3 Å². The van der Waals surface area contributed by atoms with Crippen LogP contribution in [-0.4, -0.2) is 25.7 Å². The first kappa shape index (κ1) is 14.1. The van der Waals surface area contributed by atoms with E-state index in [-0.39, 0.29) is 5.91 Å². The summed E-state index contributed by atoms with van der Waals surface area (Å²) in [5.41, 5.74) is 1.28. The molecule has 6 heteroatoms. The van der Waals surface area contributed by atoms with Gasteiger partial charge in [0.25, 0.3) is 11.7 Å². The number of carbonyl (C=O) groups is 1. The fourth-order valence-corrected chi connectivity index (χ4v) is 3.13. The Labute approximate surface area is 127 Å². The van der Waals surface area contributed by atoms with E-state index in [0.29, 0.717) is 41.1 Å². The fourth-order valence-electron chi connectivity index (χ4n) is 2.71. The minimum absolute atomic E-state index is 0.210. The van der Waals surface area contributed by atoms with Gasteiger partial charge >= 0.3 is 0 Å². The molecular formula is C14H15Cl2NO3. The maximum Gasteiger partial charge on any atom is 0.292 e. The summed E-state index contributed by atoms with van der Waals surface area (Å²) in [4.78, 5) is 14.4. The number of halogens is 2. The van der Waals surface area contributed by atoms with Crippen LogP contribution in [0.3, 0.4) is 0 Å². The molecule has 3 rings (SSSR count). The van der Waals surface area contributed by atoms with Crippen molar-refractivity contribution < 1.29 is 14.3 Å². The molecule has 1 aromatic carbocycles. The smallest absolute Gasteiger partial charge is 0.292 e. The van der Waals surface area contributed by atoms with E-state index < -0.39 is 5.79 Å². The van der Waals surface area contributed by atoms with Crippen LogP contribution in [0, 0.1) is 0 Å². The van der Waals surface area contributed by atoms with Crippen LogP contribution in [-0.2, 0) is 20.1 Å². The Morgan fingerprint density at radius 1 is 1.30 bits per heavy atom. The molecule has 0 atom stereocenters. The summed E-state index contributed by atoms with van der Waals surface area (Å²) in [6.45, 7) is 3.54. The third-order valence-corrected chi connectivity index (χ3v) is 4.36. The lowest BCUT2D eigenvalue weighted by atomic mass is 10.1. The van der Waals surface area contributed by atoms with Crippen molar-refractivity contribution >= 4 is 34.8 Å². The van der Waals surface area contributed by atoms with Gasteiger partial charge in [-0.3, -0.25) is 4.79 Å². The molecule has 1 amide bonds. The van der Waals surface area contributed by atoms with Gasteiger partial charge in [-0.05, 0) is 25.0 Å². The standard InChI is InChI=1S/C14H15Cl2NO3/c1-2-6-17-12-9(4-5-10(15)11(12)16)14(13(17)18)19-7-3-8-20-14/h4-5H,2-3,6-8H2,1H3. The van der Waals surface area contributed by atoms with Crippen LogP contribution in [0.2, 0.25) is 10.0 Å². The number of hydrogen-bond donors (Lipinski definition) is 0. The number of fused-ring (bicyclic) bond motifs is 2. The van der Waals surface area contributed by atoms with Crippen molar-refractivity contribution in [1.29, 1.82) is 0 Å². The molecule has 0 bridgehead atoms. The highest BCUT2D eigenvalue weighted by molar-refractivity contribution is 6.44. The monoisotopic (exact) mass is 315 g/mol. The number of amides is 1. The molecule has 1 fully saturated rings. The van der Waals surface area contributed by atoms with Crippen molar-refractivity contribution in [3.63, 3.8) is 0 Å². The summed E-state index contributed by atoms with van der Waals surface area (Å²) in [6, 6.07) is 3.44. The number of anilines is 1. The van der Waals surface area contributed by atoms with Gasteiger partial charge in [0.1, 0.15) is 0 Å². The van der Waals surface area contributed by atoms with Gasteiger partial charge in [-0.2, -0.15) is 0 Å². The first-order chi connectivity index (χ1) is 9.62. The van der Waals surface area contributed by atoms with Gasteiger partial charge < -0.3 is 14.4 Å². The second-order valence-electron chi connectivity index (χ2n) is 4.88. The minimum atomic E-state index is -1.34. The quantitative estimate of drug-likeness (QED) is 0.840. The molecule has 1 aromatic rings. The van der Waals surface area contributed by atoms with Gasteiger partial charge in [0.15, 0.2) is 0 Å². The predicted molar refractivity (Wildman–Crippen MR) is 77.3 cm³/mol. The van der Waals surface area contributed by atoms with Crippen LogP contribution in [0.4, 0.5) is 5.69 Å². The molecule has 1 saturated heterocycles. The molecule has 108 valence electrons. The summed E-state index contributed by atoms with van der Waals surface area (Å²) in [5, 5.41) is 0.799. The summed E-state index contributed by atoms with van der Waals surface area (Å²) >= 11 is 12.4. The van der Waals surface area contributed by atoms with E-state index in [1.54, 1.807) is 17.0 Å². The van der Waals surface area contributed by atoms with Crippen molar-refractivity contribution in [2.75, 3.05) is 24.7 Å². The Hall–Kier alpha value is -0.810. The van der Waals surface area contributed by atoms with Crippen molar-refractivity contribution in [3.8, 4) is 0 Å². The van der Waals surface area contributed by atoms with Crippen LogP contribution in [0.5, 0.6) is 0 Å². The molecule has 0 aromatic heterocycles. The van der Waals surface area contributed by atoms with Crippen molar-refractivity contribution in [3.05, 3.63) is 27.7 Å². The SMILES string of the molecule is CCCN1C(=O)C2(OCCCO2)c2ccc(Cl)c(Cl)c21. The van der Waals surface area contributed by atoms with E-state index >= 15 is 0 Å². The number of hydrogen-bond acceptors (Lipinski definition) is 3. The Bertz CT molecular complexity index is 556. The lowest BCUT2D eigenvalue weighted by Crippen LogP contribution is -2.47. The second-order valence-corrected chi connectivity index (χ2v) is 5.67. The van der Waals surface area contributed by atoms with Crippen molar-refractivity contribution in [1.82, 2.24) is 0 Å². The minimum Gasteiger partial charge on any atom is -0.338 e. The number of ether oxygens (including phenoxy) is 2. The van der Waals surface area contributed by atoms with E-state index in [0.717, 1.165) is 12.8 Å². The summed E-state index contributed by atoms with van der Waals surface area (Å²) in [7, 11) is 0. The molecule has 2 aliphatic heterocycles. The second kappa shape index (κ2) is 5.19. The molecule has 0 saturated carbocycles. The van der Waals surface area contributed by atoms with E-state index in [4.69, 9.17) is 32.7 Å². The van der Waals surface area contributed by atoms with Crippen LogP contribution in [0.15, 0.2) is 12.1 Å². The highest BCUT2D eigenvalue weighted by atomic mass is 35.5. The van der Waals surface area contributed by atoms with Gasteiger partial charge in [0.05, 0.1) is 28.9 Å². The molecule has 0 aliphatic carbocycles. The van der Waals surface area contributed by atoms with E-state index in [2.05, 4.69) is 0 Å². The molecule has 0 unspecified atom stereocenters. The lowest BCUT2D eigenvalue weighted by Gasteiger charge is -2.32. The number of nitrogens with zero attached hydrogens (tertiary/aromatic N) is 1. The summed E-state index contributed by atoms with van der Waals surface area (Å²) in [6.07, 6.45) is 1.59. The van der Waals surface area contributed by atoms with Crippen LogP contribution >= 0.6 is 23.2 Å². The van der Waals surface area contributed by atoms with Gasteiger partial charge in [-0.1, -0.05) is 30.1 Å². The molecule has 2 heterocycles. The zero-order chi connectivity index (χ0) is 14.3. The number of carbonyl (C=O) groups excluding carboxylic acids is 1. The third-order valence-electron chi connectivity index (χ3n) is 3.57. The predicted octanol–water partition coefficient (Wildman–Crippen LogP) is 3.34. The molecule has 4 nitrogen and oxygen atoms in total. The first-order valence-electron chi connectivity index (χ1n) is 6.70. The zero-order valence-corrected chi connectivity index (χ0v) is 12.6. The third kappa shape index (κ3) is 1.86. The van der Waals surface area contributed by atoms with E-state index in [1.807, 2.05) is 6.92 Å². The normalized spacial score (nSPS) is 20.6. The Balaban J connectivity index is 2.18. The van der Waals surface area contributed by atoms with Crippen LogP contribution < -0.4 is 4.90 Å². The lowest BCUT2D eigenvalue weighted by molar-refractivity contribution is -0.256. The van der Waals surface area contributed by atoms with E-state index in [1.165, 1.54) is 0 Å². The van der Waals surface area contributed by atoms with Gasteiger partial charge in [-0.15, -0.1) is 0 Å². The zero-order valence-electron chi connectivity index (χ0n) is 11.1. The molecule has 0 radical (unpaired) electrons. The van der Waals surface area contributed by atoms with Crippen molar-refractivity contribution in [2.45, 2.75) is 25.6 Å². The number of rotatable bonds is 2. The van der Waals surface area contributed by atoms with E-state index in [9.17, 15) is 4.79 Å². The highest BCUT2D eigenvalue weighted by Crippen LogP contribution is 2.50. The van der Waals surface area contributed by atoms with Gasteiger partial charge in [-0.25, -0.2) is 0 Å².